The fraction of sp³-hybridized carbons (Fsp3) is 0.643. The van der Waals surface area contributed by atoms with Crippen LogP contribution in [0.2, 0.25) is 0 Å². The molecule has 0 radical (unpaired) electrons. The highest BCUT2D eigenvalue weighted by atomic mass is 16.4. The van der Waals surface area contributed by atoms with Crippen LogP contribution in [0.15, 0.2) is 23.3 Å². The van der Waals surface area contributed by atoms with Gasteiger partial charge in [0.2, 0.25) is 0 Å². The molecule has 0 fully saturated rings. The number of hydrogen-bond donors (Lipinski definition) is 3. The average molecular weight is 253 g/mol. The maximum atomic E-state index is 10.5. The lowest BCUT2D eigenvalue weighted by molar-refractivity contribution is -0.136. The van der Waals surface area contributed by atoms with Crippen molar-refractivity contribution in [3.8, 4) is 0 Å². The Kier molecular flexibility index (Phi) is 6.09. The van der Waals surface area contributed by atoms with Gasteiger partial charge in [-0.05, 0) is 31.8 Å². The molecule has 0 spiro atoms. The van der Waals surface area contributed by atoms with E-state index in [4.69, 9.17) is 5.11 Å². The van der Waals surface area contributed by atoms with Crippen molar-refractivity contribution in [2.24, 2.45) is 0 Å². The van der Waals surface area contributed by atoms with E-state index in [1.54, 1.807) is 0 Å². The van der Waals surface area contributed by atoms with Gasteiger partial charge in [0.05, 0.1) is 12.5 Å². The molecule has 102 valence electrons. The zero-order chi connectivity index (χ0) is 13.5. The van der Waals surface area contributed by atoms with Crippen molar-refractivity contribution in [2.45, 2.75) is 51.7 Å². The van der Waals surface area contributed by atoms with E-state index in [1.807, 2.05) is 19.1 Å². The second kappa shape index (κ2) is 7.34. The highest BCUT2D eigenvalue weighted by Gasteiger charge is 2.27. The normalized spacial score (nSPS) is 24.8. The van der Waals surface area contributed by atoms with Gasteiger partial charge in [-0.3, -0.25) is 4.79 Å². The molecule has 0 aromatic carbocycles. The Bertz CT molecular complexity index is 347. The Morgan fingerprint density at radius 2 is 2.28 bits per heavy atom. The number of rotatable bonds is 6. The number of aliphatic carboxylic acids is 1. The molecule has 1 aliphatic carbocycles. The van der Waals surface area contributed by atoms with E-state index in [9.17, 15) is 9.90 Å². The van der Waals surface area contributed by atoms with E-state index < -0.39 is 12.1 Å². The Balaban J connectivity index is 2.65. The largest absolute Gasteiger partial charge is 0.481 e. The van der Waals surface area contributed by atoms with Gasteiger partial charge in [0.1, 0.15) is 0 Å². The van der Waals surface area contributed by atoms with Crippen LogP contribution < -0.4 is 5.32 Å². The van der Waals surface area contributed by atoms with Crippen LogP contribution >= 0.6 is 0 Å². The van der Waals surface area contributed by atoms with Crippen molar-refractivity contribution >= 4 is 5.97 Å². The fourth-order valence-electron chi connectivity index (χ4n) is 2.41. The average Bonchev–Trinajstić information content (AvgIpc) is 2.33. The van der Waals surface area contributed by atoms with Crippen molar-refractivity contribution < 1.29 is 15.0 Å². The molecule has 3 N–H and O–H groups in total. The fourth-order valence-corrected chi connectivity index (χ4v) is 2.41. The Labute approximate surface area is 108 Å². The van der Waals surface area contributed by atoms with Gasteiger partial charge in [-0.1, -0.05) is 24.6 Å². The molecule has 2 unspecified atom stereocenters. The van der Waals surface area contributed by atoms with Crippen molar-refractivity contribution in [2.75, 3.05) is 6.54 Å². The predicted molar refractivity (Wildman–Crippen MR) is 71.4 cm³/mol. The van der Waals surface area contributed by atoms with Crippen LogP contribution in [0.1, 0.15) is 39.5 Å². The number of aliphatic hydroxyl groups excluding tert-OH is 1. The van der Waals surface area contributed by atoms with Gasteiger partial charge in [0, 0.05) is 12.6 Å². The smallest absolute Gasteiger partial charge is 0.304 e. The zero-order valence-electron chi connectivity index (χ0n) is 11.1. The minimum Gasteiger partial charge on any atom is -0.481 e. The number of hydrogen-bond acceptors (Lipinski definition) is 3. The molecule has 0 amide bonds. The number of carboxylic acids is 1. The molecule has 1 rings (SSSR count). The Morgan fingerprint density at radius 1 is 1.56 bits per heavy atom. The van der Waals surface area contributed by atoms with E-state index in [1.165, 1.54) is 5.57 Å². The van der Waals surface area contributed by atoms with Crippen molar-refractivity contribution in [3.63, 3.8) is 0 Å². The second-order valence-electron chi connectivity index (χ2n) is 4.60. The number of aliphatic hydroxyl groups is 1. The van der Waals surface area contributed by atoms with Gasteiger partial charge in [-0.15, -0.1) is 0 Å². The first kappa shape index (κ1) is 14.9. The third kappa shape index (κ3) is 3.96. The molecule has 1 aliphatic rings. The minimum absolute atomic E-state index is 0.0363. The first-order valence-electron chi connectivity index (χ1n) is 6.58. The van der Waals surface area contributed by atoms with Gasteiger partial charge in [-0.2, -0.15) is 0 Å². The topological polar surface area (TPSA) is 69.6 Å². The zero-order valence-corrected chi connectivity index (χ0v) is 11.1. The van der Waals surface area contributed by atoms with E-state index >= 15 is 0 Å². The summed E-state index contributed by atoms with van der Waals surface area (Å²) >= 11 is 0. The summed E-state index contributed by atoms with van der Waals surface area (Å²) in [6, 6.07) is -0.0363. The molecule has 0 aromatic heterocycles. The number of carboxylic acid groups (broad SMARTS) is 1. The lowest BCUT2D eigenvalue weighted by Crippen LogP contribution is -2.44. The number of carbonyl (C=O) groups is 1. The van der Waals surface area contributed by atoms with E-state index in [-0.39, 0.29) is 12.5 Å². The third-order valence-corrected chi connectivity index (χ3v) is 3.38. The molecule has 2 atom stereocenters. The summed E-state index contributed by atoms with van der Waals surface area (Å²) < 4.78 is 0. The van der Waals surface area contributed by atoms with Crippen molar-refractivity contribution in [1.82, 2.24) is 5.32 Å². The Hall–Kier alpha value is -1.13. The SMILES string of the molecule is CC=CC1=C(CC)CCC(NCCC(=O)O)C1O. The maximum Gasteiger partial charge on any atom is 0.304 e. The maximum absolute atomic E-state index is 10.5. The summed E-state index contributed by atoms with van der Waals surface area (Å²) in [6.07, 6.45) is 6.26. The van der Waals surface area contributed by atoms with E-state index in [0.29, 0.717) is 6.54 Å². The summed E-state index contributed by atoms with van der Waals surface area (Å²) in [5.41, 5.74) is 2.30. The molecule has 0 saturated heterocycles. The van der Waals surface area contributed by atoms with Crippen LogP contribution in [0, 0.1) is 0 Å². The van der Waals surface area contributed by atoms with E-state index in [2.05, 4.69) is 12.2 Å². The highest BCUT2D eigenvalue weighted by Crippen LogP contribution is 2.28. The van der Waals surface area contributed by atoms with Crippen LogP contribution in [-0.2, 0) is 4.79 Å². The molecular weight excluding hydrogens is 230 g/mol. The minimum atomic E-state index is -0.814. The lowest BCUT2D eigenvalue weighted by atomic mass is 9.84. The first-order valence-corrected chi connectivity index (χ1v) is 6.58. The molecule has 18 heavy (non-hydrogen) atoms. The molecule has 0 bridgehead atoms. The van der Waals surface area contributed by atoms with Crippen LogP contribution in [0.25, 0.3) is 0 Å². The third-order valence-electron chi connectivity index (χ3n) is 3.38. The summed E-state index contributed by atoms with van der Waals surface area (Å²) in [5, 5.41) is 22.0. The number of nitrogens with one attached hydrogen (secondary N) is 1. The van der Waals surface area contributed by atoms with Crippen LogP contribution in [0.4, 0.5) is 0 Å². The molecule has 0 saturated carbocycles. The standard InChI is InChI=1S/C14H23NO3/c1-3-5-11-10(4-2)6-7-12(14(11)18)15-9-8-13(16)17/h3,5,12,14-15,18H,4,6-9H2,1-2H3,(H,16,17). The molecule has 0 aliphatic heterocycles. The quantitative estimate of drug-likeness (QED) is 0.675. The first-order chi connectivity index (χ1) is 8.60. The van der Waals surface area contributed by atoms with Crippen LogP contribution in [0.5, 0.6) is 0 Å². The van der Waals surface area contributed by atoms with Gasteiger partial charge in [-0.25, -0.2) is 0 Å². The summed E-state index contributed by atoms with van der Waals surface area (Å²) in [7, 11) is 0. The monoisotopic (exact) mass is 253 g/mol. The molecule has 4 nitrogen and oxygen atoms in total. The molecule has 4 heteroatoms. The summed E-state index contributed by atoms with van der Waals surface area (Å²) in [6.45, 7) is 4.44. The van der Waals surface area contributed by atoms with Gasteiger partial charge >= 0.3 is 5.97 Å². The van der Waals surface area contributed by atoms with Crippen LogP contribution in [-0.4, -0.2) is 34.9 Å². The summed E-state index contributed by atoms with van der Waals surface area (Å²) in [5.74, 6) is -0.814. The van der Waals surface area contributed by atoms with Gasteiger partial charge in [0.15, 0.2) is 0 Å². The Morgan fingerprint density at radius 3 is 2.83 bits per heavy atom. The molecule has 0 heterocycles. The summed E-state index contributed by atoms with van der Waals surface area (Å²) in [4.78, 5) is 10.5. The van der Waals surface area contributed by atoms with Gasteiger partial charge < -0.3 is 15.5 Å². The lowest BCUT2D eigenvalue weighted by Gasteiger charge is -2.31. The molecule has 0 aromatic rings. The van der Waals surface area contributed by atoms with Crippen LogP contribution in [0.3, 0.4) is 0 Å². The second-order valence-corrected chi connectivity index (χ2v) is 4.60. The highest BCUT2D eigenvalue weighted by molar-refractivity contribution is 5.66. The van der Waals surface area contributed by atoms with Crippen molar-refractivity contribution in [3.05, 3.63) is 23.3 Å². The number of allylic oxidation sites excluding steroid dienone is 2. The van der Waals surface area contributed by atoms with Crippen molar-refractivity contribution in [1.29, 1.82) is 0 Å². The predicted octanol–water partition coefficient (Wildman–Crippen LogP) is 1.86. The molecular formula is C14H23NO3. The van der Waals surface area contributed by atoms with Gasteiger partial charge in [0.25, 0.3) is 0 Å². The van der Waals surface area contributed by atoms with E-state index in [0.717, 1.165) is 24.8 Å².